The van der Waals surface area contributed by atoms with Crippen molar-refractivity contribution in [3.8, 4) is 0 Å². The molecule has 1 aliphatic rings. The number of cyclic esters (lactones) is 1. The lowest BCUT2D eigenvalue weighted by Crippen LogP contribution is -2.33. The molecule has 2 aromatic rings. The second-order valence-electron chi connectivity index (χ2n) is 6.76. The Kier molecular flexibility index (Phi) is 9.51. The predicted octanol–water partition coefficient (Wildman–Crippen LogP) is 5.70. The average Bonchev–Trinajstić information content (AvgIpc) is 3.20. The van der Waals surface area contributed by atoms with Crippen LogP contribution in [0.2, 0.25) is 0 Å². The molecule has 1 atom stereocenters. The van der Waals surface area contributed by atoms with Crippen molar-refractivity contribution in [1.82, 2.24) is 4.90 Å². The highest BCUT2D eigenvalue weighted by Crippen LogP contribution is 2.29. The maximum atomic E-state index is 13.3. The Balaban J connectivity index is 1.66. The van der Waals surface area contributed by atoms with E-state index in [9.17, 15) is 18.5 Å². The lowest BCUT2D eigenvalue weighted by Gasteiger charge is -2.19. The van der Waals surface area contributed by atoms with Gasteiger partial charge in [0, 0.05) is 12.2 Å². The number of rotatable bonds is 10. The van der Waals surface area contributed by atoms with Crippen LogP contribution in [0.3, 0.4) is 0 Å². The normalized spacial score (nSPS) is 16.2. The zero-order valence-corrected chi connectivity index (χ0v) is 19.8. The summed E-state index contributed by atoms with van der Waals surface area (Å²) in [7, 11) is 0. The van der Waals surface area contributed by atoms with Gasteiger partial charge in [-0.05, 0) is 47.3 Å². The predicted molar refractivity (Wildman–Crippen MR) is 126 cm³/mol. The highest BCUT2D eigenvalue weighted by Gasteiger charge is 2.38. The van der Waals surface area contributed by atoms with Gasteiger partial charge >= 0.3 is 11.1 Å². The van der Waals surface area contributed by atoms with Crippen LogP contribution in [0.5, 0.6) is 0 Å². The first kappa shape index (κ1) is 24.7. The standard InChI is InChI=1S/C21H19BF2INO5S/c23-18-11-9-15(10-12-18)17(14-32-31-22(25)30-24)7-4-8-20(27)26-19(13-29-21(26)28)16-5-2-1-3-6-16/h1-3,5-7,9-12,19H,4,8,13-14H2/b17-7-. The van der Waals surface area contributed by atoms with E-state index < -0.39 is 17.1 Å². The minimum Gasteiger partial charge on any atom is -0.446 e. The lowest BCUT2D eigenvalue weighted by molar-refractivity contribution is -0.129. The minimum absolute atomic E-state index is 0.0805. The van der Waals surface area contributed by atoms with Crippen LogP contribution in [-0.2, 0) is 18.5 Å². The van der Waals surface area contributed by atoms with Crippen LogP contribution < -0.4 is 0 Å². The monoisotopic (exact) mass is 573 g/mol. The summed E-state index contributed by atoms with van der Waals surface area (Å²) in [6.45, 7) is 0.118. The molecule has 1 fully saturated rings. The number of imide groups is 1. The van der Waals surface area contributed by atoms with E-state index in [0.717, 1.165) is 33.6 Å². The van der Waals surface area contributed by atoms with Gasteiger partial charge in [-0.15, -0.1) is 0 Å². The SMILES string of the molecule is O=C(CC/C=C(/CSOB(I)OF)c1ccc(F)cc1)N1C(=O)OCC1c1ccccc1. The summed E-state index contributed by atoms with van der Waals surface area (Å²) in [5, 5.41) is 0. The van der Waals surface area contributed by atoms with Crippen molar-refractivity contribution in [2.24, 2.45) is 0 Å². The average molecular weight is 573 g/mol. The van der Waals surface area contributed by atoms with Crippen LogP contribution in [0.25, 0.3) is 5.57 Å². The molecule has 0 aromatic heterocycles. The number of carbonyl (C=O) groups is 2. The number of benzene rings is 2. The molecule has 0 spiro atoms. The molecule has 0 aliphatic carbocycles. The molecule has 3 rings (SSSR count). The summed E-state index contributed by atoms with van der Waals surface area (Å²) in [5.74, 6) is -0.399. The molecule has 32 heavy (non-hydrogen) atoms. The highest BCUT2D eigenvalue weighted by molar-refractivity contribution is 14.1. The largest absolute Gasteiger partial charge is 0.579 e. The summed E-state index contributed by atoms with van der Waals surface area (Å²) in [6.07, 6.45) is 1.58. The Hall–Kier alpha value is -1.96. The molecule has 2 aromatic carbocycles. The summed E-state index contributed by atoms with van der Waals surface area (Å²) in [5.41, 5.74) is 2.34. The summed E-state index contributed by atoms with van der Waals surface area (Å²) < 4.78 is 35.6. The summed E-state index contributed by atoms with van der Waals surface area (Å²) >= 11 is 2.61. The summed E-state index contributed by atoms with van der Waals surface area (Å²) in [4.78, 5) is 28.6. The Morgan fingerprint density at radius 3 is 2.66 bits per heavy atom. The topological polar surface area (TPSA) is 65.1 Å². The van der Waals surface area contributed by atoms with Crippen molar-refractivity contribution < 1.29 is 32.2 Å². The van der Waals surface area contributed by atoms with Crippen LogP contribution in [0.15, 0.2) is 60.7 Å². The molecular weight excluding hydrogens is 554 g/mol. The molecule has 11 heteroatoms. The van der Waals surface area contributed by atoms with Crippen molar-refractivity contribution >= 4 is 57.0 Å². The van der Waals surface area contributed by atoms with E-state index >= 15 is 0 Å². The van der Waals surface area contributed by atoms with Crippen LogP contribution >= 0.6 is 34.4 Å². The molecule has 0 radical (unpaired) electrons. The van der Waals surface area contributed by atoms with E-state index in [-0.39, 0.29) is 24.8 Å². The maximum absolute atomic E-state index is 13.3. The maximum Gasteiger partial charge on any atom is 0.579 e. The van der Waals surface area contributed by atoms with E-state index in [1.54, 1.807) is 34.5 Å². The zero-order chi connectivity index (χ0) is 22.9. The molecule has 1 unspecified atom stereocenters. The van der Waals surface area contributed by atoms with Gasteiger partial charge in [0.2, 0.25) is 5.91 Å². The van der Waals surface area contributed by atoms with E-state index in [2.05, 4.69) is 4.86 Å². The van der Waals surface area contributed by atoms with Gasteiger partial charge in [-0.1, -0.05) is 75.4 Å². The molecule has 0 N–H and O–H groups in total. The number of halogens is 3. The Labute approximate surface area is 202 Å². The van der Waals surface area contributed by atoms with Crippen LogP contribution in [0.4, 0.5) is 13.7 Å². The Morgan fingerprint density at radius 2 is 1.97 bits per heavy atom. The third-order valence-electron chi connectivity index (χ3n) is 4.72. The molecule has 6 nitrogen and oxygen atoms in total. The van der Waals surface area contributed by atoms with Gasteiger partial charge in [-0.3, -0.25) is 4.79 Å². The minimum atomic E-state index is -1.07. The zero-order valence-electron chi connectivity index (χ0n) is 16.8. The van der Waals surface area contributed by atoms with E-state index in [1.807, 2.05) is 36.4 Å². The molecular formula is C21H19BF2INO5S. The molecule has 0 saturated carbocycles. The molecule has 1 saturated heterocycles. The molecule has 1 aliphatic heterocycles. The Morgan fingerprint density at radius 1 is 1.25 bits per heavy atom. The molecule has 0 bridgehead atoms. The van der Waals surface area contributed by atoms with Gasteiger partial charge in [0.25, 0.3) is 0 Å². The van der Waals surface area contributed by atoms with E-state index in [4.69, 9.17) is 8.84 Å². The third-order valence-corrected chi connectivity index (χ3v) is 6.25. The quantitative estimate of drug-likeness (QED) is 0.207. The molecule has 1 heterocycles. The van der Waals surface area contributed by atoms with Crippen molar-refractivity contribution in [3.63, 3.8) is 0 Å². The first-order chi connectivity index (χ1) is 15.5. The first-order valence-corrected chi connectivity index (χ1v) is 11.8. The van der Waals surface area contributed by atoms with Crippen molar-refractivity contribution in [3.05, 3.63) is 77.6 Å². The highest BCUT2D eigenvalue weighted by atomic mass is 127. The fourth-order valence-electron chi connectivity index (χ4n) is 3.20. The van der Waals surface area contributed by atoms with Crippen LogP contribution in [-0.4, -0.2) is 34.2 Å². The van der Waals surface area contributed by atoms with Gasteiger partial charge < -0.3 is 8.84 Å². The van der Waals surface area contributed by atoms with E-state index in [1.165, 1.54) is 12.1 Å². The smallest absolute Gasteiger partial charge is 0.446 e. The number of ether oxygens (including phenoxy) is 1. The van der Waals surface area contributed by atoms with Crippen molar-refractivity contribution in [1.29, 1.82) is 0 Å². The lowest BCUT2D eigenvalue weighted by atomic mass is 10.0. The van der Waals surface area contributed by atoms with E-state index in [0.29, 0.717) is 12.2 Å². The van der Waals surface area contributed by atoms with Crippen LogP contribution in [0.1, 0.15) is 30.0 Å². The van der Waals surface area contributed by atoms with Gasteiger partial charge in [-0.25, -0.2) is 18.9 Å². The fraction of sp³-hybridized carbons (Fsp3) is 0.238. The van der Waals surface area contributed by atoms with Gasteiger partial charge in [0.05, 0.1) is 0 Å². The van der Waals surface area contributed by atoms with Crippen molar-refractivity contribution in [2.75, 3.05) is 12.4 Å². The van der Waals surface area contributed by atoms with Gasteiger partial charge in [-0.2, -0.15) is 0 Å². The number of hydrogen-bond acceptors (Lipinski definition) is 6. The number of amides is 2. The Bertz CT molecular complexity index is 951. The third kappa shape index (κ3) is 6.77. The van der Waals surface area contributed by atoms with Crippen LogP contribution in [0, 0.1) is 5.82 Å². The number of hydrogen-bond donors (Lipinski definition) is 0. The fourth-order valence-corrected chi connectivity index (χ4v) is 4.25. The van der Waals surface area contributed by atoms with Gasteiger partial charge in [0.1, 0.15) is 18.5 Å². The summed E-state index contributed by atoms with van der Waals surface area (Å²) in [6, 6.07) is 14.7. The molecule has 168 valence electrons. The van der Waals surface area contributed by atoms with Gasteiger partial charge in [0.15, 0.2) is 0 Å². The second kappa shape index (κ2) is 12.3. The number of allylic oxidation sites excluding steroid dienone is 1. The first-order valence-electron chi connectivity index (χ1n) is 9.68. The number of carbonyl (C=O) groups excluding carboxylic acids is 2. The molecule has 2 amide bonds. The number of nitrogens with zero attached hydrogens (tertiary/aromatic N) is 1. The van der Waals surface area contributed by atoms with Crippen molar-refractivity contribution in [2.45, 2.75) is 18.9 Å². The second-order valence-corrected chi connectivity index (χ2v) is 8.50.